The lowest BCUT2D eigenvalue weighted by atomic mass is 10.1. The fourth-order valence-electron chi connectivity index (χ4n) is 2.73. The number of primary amides is 1. The molecule has 1 amide bonds. The molecule has 0 radical (unpaired) electrons. The van der Waals surface area contributed by atoms with Crippen LogP contribution in [-0.2, 0) is 9.53 Å². The van der Waals surface area contributed by atoms with Crippen molar-refractivity contribution < 1.29 is 9.53 Å². The first kappa shape index (κ1) is 9.93. The summed E-state index contributed by atoms with van der Waals surface area (Å²) in [6.45, 7) is 3.55. The molecule has 2 saturated heterocycles. The zero-order valence-electron chi connectivity index (χ0n) is 8.61. The van der Waals surface area contributed by atoms with Gasteiger partial charge in [0.1, 0.15) is 0 Å². The van der Waals surface area contributed by atoms with Crippen LogP contribution >= 0.6 is 0 Å². The summed E-state index contributed by atoms with van der Waals surface area (Å²) in [4.78, 5) is 13.6. The Balaban J connectivity index is 2.12. The second-order valence-corrected chi connectivity index (χ2v) is 4.20. The number of ether oxygens (including phenoxy) is 1. The van der Waals surface area contributed by atoms with E-state index in [0.29, 0.717) is 12.1 Å². The van der Waals surface area contributed by atoms with E-state index < -0.39 is 0 Å². The largest absolute Gasteiger partial charge is 0.378 e. The number of hydrogen-bond donors (Lipinski definition) is 1. The van der Waals surface area contributed by atoms with Crippen molar-refractivity contribution in [1.82, 2.24) is 4.90 Å². The SMILES string of the molecule is CCC(C(N)=O)N1C2CCC1COC2. The molecule has 4 nitrogen and oxygen atoms in total. The summed E-state index contributed by atoms with van der Waals surface area (Å²) in [6.07, 6.45) is 3.10. The third-order valence-electron chi connectivity index (χ3n) is 3.37. The standard InChI is InChI=1S/C10H18N2O2/c1-2-9(10(11)13)12-7-3-4-8(12)6-14-5-7/h7-9H,2-6H2,1H3,(H2,11,13). The number of nitrogens with two attached hydrogens (primary N) is 1. The van der Waals surface area contributed by atoms with Crippen LogP contribution in [0.5, 0.6) is 0 Å². The second kappa shape index (κ2) is 3.87. The van der Waals surface area contributed by atoms with Crippen molar-refractivity contribution in [2.24, 2.45) is 5.73 Å². The van der Waals surface area contributed by atoms with Gasteiger partial charge >= 0.3 is 0 Å². The van der Waals surface area contributed by atoms with Crippen LogP contribution in [0.3, 0.4) is 0 Å². The molecular weight excluding hydrogens is 180 g/mol. The van der Waals surface area contributed by atoms with Gasteiger partial charge in [-0.15, -0.1) is 0 Å². The Labute approximate surface area is 84.4 Å². The lowest BCUT2D eigenvalue weighted by molar-refractivity contribution is -0.128. The van der Waals surface area contributed by atoms with E-state index in [9.17, 15) is 4.79 Å². The summed E-state index contributed by atoms with van der Waals surface area (Å²) in [5.74, 6) is -0.189. The van der Waals surface area contributed by atoms with E-state index in [2.05, 4.69) is 4.90 Å². The highest BCUT2D eigenvalue weighted by Gasteiger charge is 2.42. The van der Waals surface area contributed by atoms with Gasteiger partial charge in [-0.1, -0.05) is 6.92 Å². The van der Waals surface area contributed by atoms with Gasteiger partial charge < -0.3 is 10.5 Å². The molecule has 0 saturated carbocycles. The molecule has 2 aliphatic rings. The fraction of sp³-hybridized carbons (Fsp3) is 0.900. The molecule has 2 aliphatic heterocycles. The summed E-state index contributed by atoms with van der Waals surface area (Å²) in [6, 6.07) is 0.758. The van der Waals surface area contributed by atoms with Gasteiger partial charge in [-0.3, -0.25) is 9.69 Å². The van der Waals surface area contributed by atoms with E-state index in [1.165, 1.54) is 0 Å². The number of rotatable bonds is 3. The van der Waals surface area contributed by atoms with Gasteiger partial charge in [0, 0.05) is 12.1 Å². The first-order valence-corrected chi connectivity index (χ1v) is 5.38. The Morgan fingerprint density at radius 2 is 2.07 bits per heavy atom. The minimum absolute atomic E-state index is 0.0867. The van der Waals surface area contributed by atoms with Gasteiger partial charge in [0.2, 0.25) is 5.91 Å². The van der Waals surface area contributed by atoms with Gasteiger partial charge in [-0.25, -0.2) is 0 Å². The molecule has 2 bridgehead atoms. The Morgan fingerprint density at radius 1 is 1.50 bits per heavy atom. The van der Waals surface area contributed by atoms with Crippen molar-refractivity contribution in [3.05, 3.63) is 0 Å². The van der Waals surface area contributed by atoms with Crippen LogP contribution in [0, 0.1) is 0 Å². The zero-order valence-corrected chi connectivity index (χ0v) is 8.61. The van der Waals surface area contributed by atoms with Crippen LogP contribution in [0.1, 0.15) is 26.2 Å². The van der Waals surface area contributed by atoms with Crippen molar-refractivity contribution in [2.75, 3.05) is 13.2 Å². The van der Waals surface area contributed by atoms with Crippen LogP contribution in [-0.4, -0.2) is 42.1 Å². The van der Waals surface area contributed by atoms with Gasteiger partial charge in [-0.05, 0) is 19.3 Å². The number of hydrogen-bond acceptors (Lipinski definition) is 3. The number of fused-ring (bicyclic) bond motifs is 2. The topological polar surface area (TPSA) is 55.6 Å². The van der Waals surface area contributed by atoms with Crippen LogP contribution in [0.25, 0.3) is 0 Å². The third kappa shape index (κ3) is 1.53. The molecule has 0 aromatic heterocycles. The van der Waals surface area contributed by atoms with E-state index in [-0.39, 0.29) is 11.9 Å². The first-order valence-electron chi connectivity index (χ1n) is 5.38. The fourth-order valence-corrected chi connectivity index (χ4v) is 2.73. The summed E-state index contributed by atoms with van der Waals surface area (Å²) >= 11 is 0. The monoisotopic (exact) mass is 198 g/mol. The van der Waals surface area contributed by atoms with Crippen LogP contribution in [0.2, 0.25) is 0 Å². The van der Waals surface area contributed by atoms with Crippen LogP contribution < -0.4 is 5.73 Å². The Hall–Kier alpha value is -0.610. The summed E-state index contributed by atoms with van der Waals surface area (Å²) in [7, 11) is 0. The quantitative estimate of drug-likeness (QED) is 0.700. The number of amides is 1. The number of carbonyl (C=O) groups excluding carboxylic acids is 1. The molecule has 0 spiro atoms. The molecule has 2 N–H and O–H groups in total. The van der Waals surface area contributed by atoms with E-state index >= 15 is 0 Å². The van der Waals surface area contributed by atoms with Crippen molar-refractivity contribution >= 4 is 5.91 Å². The molecule has 4 heteroatoms. The number of carbonyl (C=O) groups is 1. The molecule has 2 heterocycles. The smallest absolute Gasteiger partial charge is 0.234 e. The van der Waals surface area contributed by atoms with E-state index in [1.54, 1.807) is 0 Å². The molecule has 3 atom stereocenters. The lowest BCUT2D eigenvalue weighted by Crippen LogP contribution is -2.55. The average Bonchev–Trinajstić information content (AvgIpc) is 2.42. The zero-order chi connectivity index (χ0) is 10.1. The van der Waals surface area contributed by atoms with Crippen molar-refractivity contribution in [2.45, 2.75) is 44.3 Å². The van der Waals surface area contributed by atoms with E-state index in [4.69, 9.17) is 10.5 Å². The summed E-state index contributed by atoms with van der Waals surface area (Å²) in [5.41, 5.74) is 5.41. The predicted octanol–water partition coefficient (Wildman–Crippen LogP) is 0.113. The molecular formula is C10H18N2O2. The van der Waals surface area contributed by atoms with Crippen molar-refractivity contribution in [1.29, 1.82) is 0 Å². The second-order valence-electron chi connectivity index (χ2n) is 4.20. The minimum atomic E-state index is -0.189. The molecule has 0 aromatic rings. The van der Waals surface area contributed by atoms with Crippen LogP contribution in [0.4, 0.5) is 0 Å². The Bertz CT molecular complexity index is 216. The number of nitrogens with zero attached hydrogens (tertiary/aromatic N) is 1. The molecule has 0 aromatic carbocycles. The Kier molecular flexibility index (Phi) is 2.74. The third-order valence-corrected chi connectivity index (χ3v) is 3.37. The minimum Gasteiger partial charge on any atom is -0.378 e. The summed E-state index contributed by atoms with van der Waals surface area (Å²) in [5, 5.41) is 0. The van der Waals surface area contributed by atoms with Crippen LogP contribution in [0.15, 0.2) is 0 Å². The number of morpholine rings is 1. The highest BCUT2D eigenvalue weighted by Crippen LogP contribution is 2.31. The predicted molar refractivity (Wildman–Crippen MR) is 52.7 cm³/mol. The maximum atomic E-state index is 11.3. The van der Waals surface area contributed by atoms with Gasteiger partial charge in [-0.2, -0.15) is 0 Å². The first-order chi connectivity index (χ1) is 6.74. The van der Waals surface area contributed by atoms with Gasteiger partial charge in [0.25, 0.3) is 0 Å². The van der Waals surface area contributed by atoms with Crippen molar-refractivity contribution in [3.8, 4) is 0 Å². The van der Waals surface area contributed by atoms with Gasteiger partial charge in [0.05, 0.1) is 19.3 Å². The lowest BCUT2D eigenvalue weighted by Gasteiger charge is -2.38. The molecule has 2 rings (SSSR count). The summed E-state index contributed by atoms with van der Waals surface area (Å²) < 4.78 is 5.47. The normalized spacial score (nSPS) is 34.4. The van der Waals surface area contributed by atoms with E-state index in [0.717, 1.165) is 32.5 Å². The molecule has 2 fully saturated rings. The molecule has 0 aliphatic carbocycles. The van der Waals surface area contributed by atoms with E-state index in [1.807, 2.05) is 6.92 Å². The highest BCUT2D eigenvalue weighted by atomic mass is 16.5. The Morgan fingerprint density at radius 3 is 2.50 bits per heavy atom. The van der Waals surface area contributed by atoms with Crippen molar-refractivity contribution in [3.63, 3.8) is 0 Å². The van der Waals surface area contributed by atoms with Gasteiger partial charge in [0.15, 0.2) is 0 Å². The molecule has 80 valence electrons. The molecule has 14 heavy (non-hydrogen) atoms. The highest BCUT2D eigenvalue weighted by molar-refractivity contribution is 5.79. The average molecular weight is 198 g/mol. The maximum absolute atomic E-state index is 11.3. The maximum Gasteiger partial charge on any atom is 0.234 e. The molecule has 3 unspecified atom stereocenters.